The van der Waals surface area contributed by atoms with Crippen LogP contribution in [0.1, 0.15) is 15.9 Å². The summed E-state index contributed by atoms with van der Waals surface area (Å²) in [6.07, 6.45) is 0. The summed E-state index contributed by atoms with van der Waals surface area (Å²) in [4.78, 5) is 11.8. The molecule has 0 saturated carbocycles. The summed E-state index contributed by atoms with van der Waals surface area (Å²) in [5, 5.41) is 7.63. The number of aliphatic hydroxyl groups excluding tert-OH is 1. The first-order valence-corrected chi connectivity index (χ1v) is 6.96. The second kappa shape index (κ2) is 8.20. The fraction of sp³-hybridized carbons (Fsp3) is 0.0714. The first kappa shape index (κ1) is 14.1. The summed E-state index contributed by atoms with van der Waals surface area (Å²) in [6, 6.07) is 18.6. The van der Waals surface area contributed by atoms with Gasteiger partial charge in [-0.15, -0.1) is 0 Å². The number of hydrogen-bond donors (Lipinski definition) is 1. The van der Waals surface area contributed by atoms with Crippen LogP contribution in [0.5, 0.6) is 0 Å². The van der Waals surface area contributed by atoms with E-state index in [-0.39, 0.29) is 5.78 Å². The van der Waals surface area contributed by atoms with E-state index in [1.165, 1.54) is 0 Å². The standard InChI is InChI=1S/C13H10O.CH3O.Na/c14-13(11-7-3-1-4-8-11)12-9-5-2-6-10-12;1-2;/h1-10H;2H,1H2;. The molecule has 0 amide bonds. The van der Waals surface area contributed by atoms with Crippen molar-refractivity contribution in [2.45, 2.75) is 0 Å². The zero-order chi connectivity index (χ0) is 12.5. The Bertz CT molecular complexity index is 399. The molecular formula is C14H13NaO2. The van der Waals surface area contributed by atoms with Gasteiger partial charge in [0, 0.05) is 11.1 Å². The summed E-state index contributed by atoms with van der Waals surface area (Å²) in [5.41, 5.74) is 1.47. The first-order chi connectivity index (χ1) is 8.29. The maximum absolute atomic E-state index is 11.8. The Labute approximate surface area is 119 Å². The molecule has 0 heterocycles. The van der Waals surface area contributed by atoms with Gasteiger partial charge >= 0.3 is 36.9 Å². The van der Waals surface area contributed by atoms with Gasteiger partial charge in [0.15, 0.2) is 5.78 Å². The van der Waals surface area contributed by atoms with Crippen LogP contribution in [0.3, 0.4) is 0 Å². The monoisotopic (exact) mass is 236 g/mol. The average molecular weight is 236 g/mol. The SMILES string of the molecule is O=C(c1ccccc1)c1ccccc1.O[CH2][Na]. The van der Waals surface area contributed by atoms with Gasteiger partial charge in [0.25, 0.3) is 0 Å². The third-order valence-electron chi connectivity index (χ3n) is 2.07. The number of carbonyl (C=O) groups excluding carboxylic acids is 1. The number of ketones is 1. The summed E-state index contributed by atoms with van der Waals surface area (Å²) < 4.78 is 0.389. The van der Waals surface area contributed by atoms with Crippen molar-refractivity contribution in [2.75, 3.05) is 3.86 Å². The van der Waals surface area contributed by atoms with Crippen LogP contribution in [0.25, 0.3) is 0 Å². The topological polar surface area (TPSA) is 37.3 Å². The Balaban J connectivity index is 0.000000437. The molecule has 3 heteroatoms. The molecule has 0 saturated heterocycles. The van der Waals surface area contributed by atoms with Crippen molar-refractivity contribution in [1.29, 1.82) is 0 Å². The number of aliphatic hydroxyl groups is 1. The van der Waals surface area contributed by atoms with Gasteiger partial charge in [0.2, 0.25) is 0 Å². The van der Waals surface area contributed by atoms with E-state index in [4.69, 9.17) is 5.11 Å². The van der Waals surface area contributed by atoms with Crippen LogP contribution < -0.4 is 0 Å². The maximum atomic E-state index is 11.8. The van der Waals surface area contributed by atoms with Crippen LogP contribution in [0.4, 0.5) is 0 Å². The van der Waals surface area contributed by atoms with Gasteiger partial charge in [-0.1, -0.05) is 60.7 Å². The summed E-state index contributed by atoms with van der Waals surface area (Å²) in [7, 11) is 0. The molecule has 17 heavy (non-hydrogen) atoms. The van der Waals surface area contributed by atoms with Gasteiger partial charge in [0.1, 0.15) is 0 Å². The van der Waals surface area contributed by atoms with Crippen LogP contribution in [-0.4, -0.2) is 42.7 Å². The average Bonchev–Trinajstić information content (AvgIpc) is 2.41. The van der Waals surface area contributed by atoms with Crippen molar-refractivity contribution in [3.8, 4) is 0 Å². The molecule has 0 aromatic heterocycles. The summed E-state index contributed by atoms with van der Waals surface area (Å²) in [6.45, 7) is 0. The Morgan fingerprint density at radius 3 is 1.47 bits per heavy atom. The van der Waals surface area contributed by atoms with Gasteiger partial charge < -0.3 is 0 Å². The fourth-order valence-electron chi connectivity index (χ4n) is 1.35. The minimum atomic E-state index is 0.0752. The molecule has 82 valence electrons. The van der Waals surface area contributed by atoms with Crippen LogP contribution >= 0.6 is 0 Å². The zero-order valence-corrected chi connectivity index (χ0v) is 11.8. The molecule has 0 unspecified atom stereocenters. The van der Waals surface area contributed by atoms with Crippen molar-refractivity contribution in [2.24, 2.45) is 0 Å². The fourth-order valence-corrected chi connectivity index (χ4v) is 1.35. The Morgan fingerprint density at radius 1 is 0.882 bits per heavy atom. The van der Waals surface area contributed by atoms with Gasteiger partial charge in [-0.25, -0.2) is 0 Å². The normalized spacial score (nSPS) is 9.12. The molecule has 2 rings (SSSR count). The van der Waals surface area contributed by atoms with E-state index in [0.29, 0.717) is 3.86 Å². The van der Waals surface area contributed by atoms with Gasteiger partial charge in [0.05, 0.1) is 0 Å². The van der Waals surface area contributed by atoms with Crippen molar-refractivity contribution in [3.05, 3.63) is 71.8 Å². The number of benzene rings is 2. The molecule has 0 aliphatic rings. The first-order valence-electron chi connectivity index (χ1n) is 5.55. The Morgan fingerprint density at radius 2 is 1.18 bits per heavy atom. The zero-order valence-electron chi connectivity index (χ0n) is 9.84. The van der Waals surface area contributed by atoms with Gasteiger partial charge in [-0.05, 0) is 0 Å². The molecule has 2 aromatic rings. The van der Waals surface area contributed by atoms with Crippen LogP contribution in [0, 0.1) is 0 Å². The quantitative estimate of drug-likeness (QED) is 0.640. The van der Waals surface area contributed by atoms with Crippen molar-refractivity contribution in [3.63, 3.8) is 0 Å². The number of rotatable bonds is 2. The molecule has 0 radical (unpaired) electrons. The molecule has 0 atom stereocenters. The van der Waals surface area contributed by atoms with Gasteiger partial charge in [-0.3, -0.25) is 4.79 Å². The molecule has 0 spiro atoms. The number of carbonyl (C=O) groups is 1. The Hall–Kier alpha value is -0.930. The van der Waals surface area contributed by atoms with E-state index < -0.39 is 0 Å². The predicted molar refractivity (Wildman–Crippen MR) is 69.2 cm³/mol. The van der Waals surface area contributed by atoms with E-state index in [1.807, 2.05) is 60.7 Å². The van der Waals surface area contributed by atoms with Crippen LogP contribution in [0.2, 0.25) is 0 Å². The van der Waals surface area contributed by atoms with E-state index in [0.717, 1.165) is 39.1 Å². The van der Waals surface area contributed by atoms with Gasteiger partial charge in [-0.2, -0.15) is 0 Å². The third kappa shape index (κ3) is 4.84. The van der Waals surface area contributed by atoms with E-state index in [2.05, 4.69) is 0 Å². The second-order valence-corrected chi connectivity index (χ2v) is 4.01. The summed E-state index contributed by atoms with van der Waals surface area (Å²) >= 11 is 0.924. The predicted octanol–water partition coefficient (Wildman–Crippen LogP) is 2.02. The van der Waals surface area contributed by atoms with Crippen molar-refractivity contribution >= 4 is 33.7 Å². The van der Waals surface area contributed by atoms with E-state index in [9.17, 15) is 4.79 Å². The van der Waals surface area contributed by atoms with E-state index in [1.54, 1.807) is 0 Å². The molecular weight excluding hydrogens is 223 g/mol. The third-order valence-corrected chi connectivity index (χ3v) is 2.07. The summed E-state index contributed by atoms with van der Waals surface area (Å²) in [5.74, 6) is 0.0752. The Kier molecular flexibility index (Phi) is 6.82. The van der Waals surface area contributed by atoms with Crippen LogP contribution in [0.15, 0.2) is 60.7 Å². The van der Waals surface area contributed by atoms with Crippen molar-refractivity contribution in [1.82, 2.24) is 0 Å². The van der Waals surface area contributed by atoms with E-state index >= 15 is 0 Å². The molecule has 2 aromatic carbocycles. The number of hydrogen-bond acceptors (Lipinski definition) is 2. The molecule has 0 fully saturated rings. The van der Waals surface area contributed by atoms with Crippen LogP contribution in [-0.2, 0) is 0 Å². The second-order valence-electron chi connectivity index (χ2n) is 3.38. The molecule has 0 aliphatic heterocycles. The molecule has 1 N–H and O–H groups in total. The minimum absolute atomic E-state index is 0.0752. The molecule has 0 aliphatic carbocycles. The molecule has 2 nitrogen and oxygen atoms in total. The molecule has 0 bridgehead atoms. The van der Waals surface area contributed by atoms with Crippen molar-refractivity contribution < 1.29 is 9.90 Å².